The van der Waals surface area contributed by atoms with Gasteiger partial charge in [0.15, 0.2) is 0 Å². The number of para-hydroxylation sites is 1. The number of anilines is 1. The van der Waals surface area contributed by atoms with Gasteiger partial charge in [0, 0.05) is 16.6 Å². The quantitative estimate of drug-likeness (QED) is 0.701. The van der Waals surface area contributed by atoms with Gasteiger partial charge < -0.3 is 10.5 Å². The molecule has 0 aliphatic rings. The summed E-state index contributed by atoms with van der Waals surface area (Å²) >= 11 is 6.12. The van der Waals surface area contributed by atoms with Crippen molar-refractivity contribution in [3.8, 4) is 11.6 Å². The fourth-order valence-corrected chi connectivity index (χ4v) is 2.24. The number of rotatable bonds is 2. The Labute approximate surface area is 122 Å². The Kier molecular flexibility index (Phi) is 3.20. The van der Waals surface area contributed by atoms with Crippen molar-refractivity contribution in [3.05, 3.63) is 59.1 Å². The van der Waals surface area contributed by atoms with E-state index in [4.69, 9.17) is 22.1 Å². The number of benzene rings is 2. The molecule has 1 heterocycles. The predicted molar refractivity (Wildman–Crippen MR) is 82.4 cm³/mol. The number of nitrogens with two attached hydrogens (primary N) is 1. The van der Waals surface area contributed by atoms with E-state index in [1.165, 1.54) is 0 Å². The first kappa shape index (κ1) is 12.8. The molecule has 2 aromatic carbocycles. The third-order valence-corrected chi connectivity index (χ3v) is 3.33. The molecule has 0 bridgehead atoms. The topological polar surface area (TPSA) is 48.1 Å². The normalized spacial score (nSPS) is 10.7. The zero-order valence-electron chi connectivity index (χ0n) is 10.9. The van der Waals surface area contributed by atoms with E-state index < -0.39 is 0 Å². The number of pyridine rings is 1. The van der Waals surface area contributed by atoms with Crippen LogP contribution >= 0.6 is 11.6 Å². The third kappa shape index (κ3) is 2.40. The summed E-state index contributed by atoms with van der Waals surface area (Å²) in [5.74, 6) is 1.10. The minimum Gasteiger partial charge on any atom is -0.437 e. The van der Waals surface area contributed by atoms with E-state index in [1.54, 1.807) is 18.2 Å². The number of fused-ring (bicyclic) bond motifs is 1. The Morgan fingerprint density at radius 1 is 1.10 bits per heavy atom. The lowest BCUT2D eigenvalue weighted by molar-refractivity contribution is 0.461. The molecule has 2 N–H and O–H groups in total. The summed E-state index contributed by atoms with van der Waals surface area (Å²) in [6.07, 6.45) is 0. The second kappa shape index (κ2) is 5.02. The molecule has 4 heteroatoms. The average Bonchev–Trinajstić information content (AvgIpc) is 2.42. The predicted octanol–water partition coefficient (Wildman–Crippen LogP) is 4.57. The summed E-state index contributed by atoms with van der Waals surface area (Å²) in [5, 5.41) is 1.56. The van der Waals surface area contributed by atoms with Gasteiger partial charge in [-0.2, -0.15) is 0 Å². The SMILES string of the molecule is Cc1cc2ccccc2nc1Oc1ccc(N)cc1Cl. The van der Waals surface area contributed by atoms with Gasteiger partial charge >= 0.3 is 0 Å². The number of ether oxygens (including phenoxy) is 1. The van der Waals surface area contributed by atoms with Crippen molar-refractivity contribution >= 4 is 28.2 Å². The van der Waals surface area contributed by atoms with Crippen LogP contribution in [0.3, 0.4) is 0 Å². The molecule has 100 valence electrons. The Hall–Kier alpha value is -2.26. The summed E-state index contributed by atoms with van der Waals surface area (Å²) in [4.78, 5) is 4.52. The van der Waals surface area contributed by atoms with Crippen molar-refractivity contribution in [1.29, 1.82) is 0 Å². The van der Waals surface area contributed by atoms with Gasteiger partial charge in [-0.15, -0.1) is 0 Å². The molecule has 0 saturated heterocycles. The number of aryl methyl sites for hydroxylation is 1. The van der Waals surface area contributed by atoms with E-state index in [9.17, 15) is 0 Å². The molecule has 0 atom stereocenters. The number of aromatic nitrogens is 1. The molecule has 0 aliphatic carbocycles. The zero-order valence-corrected chi connectivity index (χ0v) is 11.7. The van der Waals surface area contributed by atoms with Crippen molar-refractivity contribution in [2.24, 2.45) is 0 Å². The van der Waals surface area contributed by atoms with Gasteiger partial charge in [-0.1, -0.05) is 29.8 Å². The van der Waals surface area contributed by atoms with Crippen LogP contribution in [-0.4, -0.2) is 4.98 Å². The van der Waals surface area contributed by atoms with Gasteiger partial charge in [0.25, 0.3) is 0 Å². The van der Waals surface area contributed by atoms with E-state index in [-0.39, 0.29) is 0 Å². The van der Waals surface area contributed by atoms with Crippen LogP contribution in [0.5, 0.6) is 11.6 Å². The lowest BCUT2D eigenvalue weighted by atomic mass is 10.2. The summed E-state index contributed by atoms with van der Waals surface area (Å²) in [6, 6.07) is 15.1. The molecule has 0 fully saturated rings. The van der Waals surface area contributed by atoms with Crippen molar-refractivity contribution in [2.45, 2.75) is 6.92 Å². The Morgan fingerprint density at radius 2 is 1.90 bits per heavy atom. The van der Waals surface area contributed by atoms with Gasteiger partial charge in [-0.3, -0.25) is 0 Å². The van der Waals surface area contributed by atoms with E-state index in [0.717, 1.165) is 16.5 Å². The van der Waals surface area contributed by atoms with Crippen LogP contribution in [0.1, 0.15) is 5.56 Å². The maximum atomic E-state index is 6.12. The monoisotopic (exact) mass is 284 g/mol. The first-order chi connectivity index (χ1) is 9.63. The number of hydrogen-bond donors (Lipinski definition) is 1. The molecular weight excluding hydrogens is 272 g/mol. The molecule has 0 aliphatic heterocycles. The van der Waals surface area contributed by atoms with Gasteiger partial charge in [0.05, 0.1) is 10.5 Å². The molecule has 0 radical (unpaired) electrons. The fraction of sp³-hybridized carbons (Fsp3) is 0.0625. The van der Waals surface area contributed by atoms with Gasteiger partial charge in [0.2, 0.25) is 5.88 Å². The highest BCUT2D eigenvalue weighted by atomic mass is 35.5. The molecular formula is C16H13ClN2O. The summed E-state index contributed by atoms with van der Waals surface area (Å²) in [6.45, 7) is 1.96. The summed E-state index contributed by atoms with van der Waals surface area (Å²) < 4.78 is 5.80. The maximum Gasteiger partial charge on any atom is 0.222 e. The Morgan fingerprint density at radius 3 is 2.70 bits per heavy atom. The second-order valence-electron chi connectivity index (χ2n) is 4.60. The van der Waals surface area contributed by atoms with Crippen LogP contribution in [0.4, 0.5) is 5.69 Å². The zero-order chi connectivity index (χ0) is 14.1. The van der Waals surface area contributed by atoms with Crippen LogP contribution in [0.25, 0.3) is 10.9 Å². The van der Waals surface area contributed by atoms with E-state index >= 15 is 0 Å². The molecule has 3 rings (SSSR count). The molecule has 0 saturated carbocycles. The first-order valence-electron chi connectivity index (χ1n) is 6.23. The number of nitrogens with zero attached hydrogens (tertiary/aromatic N) is 1. The van der Waals surface area contributed by atoms with E-state index in [1.807, 2.05) is 37.3 Å². The number of hydrogen-bond acceptors (Lipinski definition) is 3. The van der Waals surface area contributed by atoms with Crippen molar-refractivity contribution in [1.82, 2.24) is 4.98 Å². The lowest BCUT2D eigenvalue weighted by Crippen LogP contribution is -1.94. The standard InChI is InChI=1S/C16H13ClN2O/c1-10-8-11-4-2-3-5-14(11)19-16(10)20-15-7-6-12(18)9-13(15)17/h2-9H,18H2,1H3. The van der Waals surface area contributed by atoms with Crippen LogP contribution in [0, 0.1) is 6.92 Å². The lowest BCUT2D eigenvalue weighted by Gasteiger charge is -2.10. The van der Waals surface area contributed by atoms with E-state index in [0.29, 0.717) is 22.3 Å². The summed E-state index contributed by atoms with van der Waals surface area (Å²) in [7, 11) is 0. The molecule has 3 nitrogen and oxygen atoms in total. The van der Waals surface area contributed by atoms with E-state index in [2.05, 4.69) is 4.98 Å². The van der Waals surface area contributed by atoms with Gasteiger partial charge in [-0.05, 0) is 37.3 Å². The number of halogens is 1. The van der Waals surface area contributed by atoms with Gasteiger partial charge in [-0.25, -0.2) is 4.98 Å². The summed E-state index contributed by atoms with van der Waals surface area (Å²) in [5.41, 5.74) is 8.12. The largest absolute Gasteiger partial charge is 0.437 e. The minimum absolute atomic E-state index is 0.472. The molecule has 0 unspecified atom stereocenters. The first-order valence-corrected chi connectivity index (χ1v) is 6.60. The smallest absolute Gasteiger partial charge is 0.222 e. The van der Waals surface area contributed by atoms with Crippen LogP contribution < -0.4 is 10.5 Å². The van der Waals surface area contributed by atoms with Crippen LogP contribution in [0.15, 0.2) is 48.5 Å². The highest BCUT2D eigenvalue weighted by Gasteiger charge is 2.08. The fourth-order valence-electron chi connectivity index (χ4n) is 2.01. The number of nitrogen functional groups attached to an aromatic ring is 1. The molecule has 0 spiro atoms. The minimum atomic E-state index is 0.472. The molecule has 0 amide bonds. The Bertz CT molecular complexity index is 787. The third-order valence-electron chi connectivity index (χ3n) is 3.03. The molecule has 1 aromatic heterocycles. The molecule has 3 aromatic rings. The van der Waals surface area contributed by atoms with Crippen molar-refractivity contribution in [2.75, 3.05) is 5.73 Å². The van der Waals surface area contributed by atoms with Crippen LogP contribution in [-0.2, 0) is 0 Å². The highest BCUT2D eigenvalue weighted by Crippen LogP contribution is 2.32. The van der Waals surface area contributed by atoms with Crippen LogP contribution in [0.2, 0.25) is 5.02 Å². The van der Waals surface area contributed by atoms with Crippen molar-refractivity contribution < 1.29 is 4.74 Å². The van der Waals surface area contributed by atoms with Gasteiger partial charge in [0.1, 0.15) is 5.75 Å². The average molecular weight is 285 g/mol. The van der Waals surface area contributed by atoms with Crippen molar-refractivity contribution in [3.63, 3.8) is 0 Å². The second-order valence-corrected chi connectivity index (χ2v) is 5.00. The molecule has 20 heavy (non-hydrogen) atoms. The highest BCUT2D eigenvalue weighted by molar-refractivity contribution is 6.32. The maximum absolute atomic E-state index is 6.12. The Balaban J connectivity index is 2.03.